The monoisotopic (exact) mass is 258 g/mol. The number of benzene rings is 1. The smallest absolute Gasteiger partial charge is 0.150 e. The van der Waals surface area contributed by atoms with Crippen molar-refractivity contribution in [2.45, 2.75) is 6.42 Å². The van der Waals surface area contributed by atoms with Gasteiger partial charge in [0.05, 0.1) is 22.9 Å². The molecule has 1 heterocycles. The van der Waals surface area contributed by atoms with Gasteiger partial charge in [-0.1, -0.05) is 0 Å². The fourth-order valence-corrected chi connectivity index (χ4v) is 3.83. The van der Waals surface area contributed by atoms with Gasteiger partial charge in [-0.15, -0.1) is 0 Å². The molecule has 1 fully saturated rings. The fraction of sp³-hybridized carbons (Fsp3) is 0.455. The maximum Gasteiger partial charge on any atom is 0.150 e. The number of nitrogen functional groups attached to an aromatic ring is 1. The molecule has 17 heavy (non-hydrogen) atoms. The summed E-state index contributed by atoms with van der Waals surface area (Å²) in [6.07, 6.45) is 0.657. The molecule has 0 aromatic heterocycles. The van der Waals surface area contributed by atoms with E-state index in [0.29, 0.717) is 24.3 Å². The average Bonchev–Trinajstić information content (AvgIpc) is 2.60. The van der Waals surface area contributed by atoms with Gasteiger partial charge in [-0.3, -0.25) is 0 Å². The van der Waals surface area contributed by atoms with Crippen molar-refractivity contribution in [1.82, 2.24) is 0 Å². The van der Waals surface area contributed by atoms with E-state index < -0.39 is 9.84 Å². The van der Waals surface area contributed by atoms with Crippen molar-refractivity contribution in [2.75, 3.05) is 29.1 Å². The van der Waals surface area contributed by atoms with Crippen LogP contribution in [0.3, 0.4) is 0 Å². The summed E-state index contributed by atoms with van der Waals surface area (Å²) in [4.78, 5) is 0. The zero-order valence-corrected chi connectivity index (χ0v) is 10.1. The van der Waals surface area contributed by atoms with E-state index >= 15 is 0 Å². The molecule has 94 valence electrons. The Morgan fingerprint density at radius 3 is 2.88 bits per heavy atom. The maximum atomic E-state index is 13.0. The lowest BCUT2D eigenvalue weighted by molar-refractivity contribution is 0.595. The number of halogens is 1. The summed E-state index contributed by atoms with van der Waals surface area (Å²) in [7, 11) is -2.86. The molecule has 6 heteroatoms. The van der Waals surface area contributed by atoms with E-state index in [4.69, 9.17) is 5.73 Å². The third-order valence-electron chi connectivity index (χ3n) is 2.92. The van der Waals surface area contributed by atoms with Crippen LogP contribution in [0.15, 0.2) is 18.2 Å². The van der Waals surface area contributed by atoms with E-state index in [2.05, 4.69) is 5.32 Å². The number of hydrogen-bond donors (Lipinski definition) is 2. The summed E-state index contributed by atoms with van der Waals surface area (Å²) in [6.45, 7) is 0.507. The summed E-state index contributed by atoms with van der Waals surface area (Å²) >= 11 is 0. The van der Waals surface area contributed by atoms with Crippen LogP contribution in [0.1, 0.15) is 6.42 Å². The number of sulfone groups is 1. The van der Waals surface area contributed by atoms with Crippen LogP contribution < -0.4 is 11.1 Å². The molecule has 0 spiro atoms. The second kappa shape index (κ2) is 4.52. The first-order chi connectivity index (χ1) is 7.96. The fourth-order valence-electron chi connectivity index (χ4n) is 1.97. The minimum absolute atomic E-state index is 0.0858. The SMILES string of the molecule is Nc1ccc(F)cc1NCC1CCS(=O)(=O)C1. The van der Waals surface area contributed by atoms with E-state index in [9.17, 15) is 12.8 Å². The van der Waals surface area contributed by atoms with Crippen LogP contribution in [0.5, 0.6) is 0 Å². The Balaban J connectivity index is 1.97. The zero-order valence-electron chi connectivity index (χ0n) is 9.32. The van der Waals surface area contributed by atoms with E-state index in [0.717, 1.165) is 0 Å². The Morgan fingerprint density at radius 2 is 2.24 bits per heavy atom. The van der Waals surface area contributed by atoms with Crippen molar-refractivity contribution < 1.29 is 12.8 Å². The Kier molecular flexibility index (Phi) is 3.24. The van der Waals surface area contributed by atoms with Crippen LogP contribution in [0.25, 0.3) is 0 Å². The summed E-state index contributed by atoms with van der Waals surface area (Å²) in [5.41, 5.74) is 6.67. The van der Waals surface area contributed by atoms with Crippen LogP contribution in [0.2, 0.25) is 0 Å². The van der Waals surface area contributed by atoms with E-state index in [1.807, 2.05) is 0 Å². The number of hydrogen-bond acceptors (Lipinski definition) is 4. The molecule has 0 radical (unpaired) electrons. The largest absolute Gasteiger partial charge is 0.397 e. The zero-order chi connectivity index (χ0) is 12.5. The van der Waals surface area contributed by atoms with Crippen LogP contribution in [-0.4, -0.2) is 26.5 Å². The number of rotatable bonds is 3. The van der Waals surface area contributed by atoms with E-state index in [1.165, 1.54) is 18.2 Å². The quantitative estimate of drug-likeness (QED) is 0.800. The summed E-state index contributed by atoms with van der Waals surface area (Å²) < 4.78 is 35.5. The van der Waals surface area contributed by atoms with Crippen molar-refractivity contribution >= 4 is 21.2 Å². The first-order valence-electron chi connectivity index (χ1n) is 5.45. The van der Waals surface area contributed by atoms with Gasteiger partial charge in [0.25, 0.3) is 0 Å². The Morgan fingerprint density at radius 1 is 1.47 bits per heavy atom. The van der Waals surface area contributed by atoms with Gasteiger partial charge in [0.2, 0.25) is 0 Å². The minimum Gasteiger partial charge on any atom is -0.397 e. The summed E-state index contributed by atoms with van der Waals surface area (Å²) in [5.74, 6) is 0.177. The van der Waals surface area contributed by atoms with Gasteiger partial charge in [-0.25, -0.2) is 12.8 Å². The predicted octanol–water partition coefficient (Wildman–Crippen LogP) is 1.25. The first kappa shape index (κ1) is 12.2. The van der Waals surface area contributed by atoms with Gasteiger partial charge in [0.15, 0.2) is 9.84 Å². The predicted molar refractivity (Wildman–Crippen MR) is 66.1 cm³/mol. The van der Waals surface area contributed by atoms with Crippen molar-refractivity contribution in [3.63, 3.8) is 0 Å². The molecule has 3 N–H and O–H groups in total. The Labute approximate surface area is 99.9 Å². The van der Waals surface area contributed by atoms with Gasteiger partial charge in [0, 0.05) is 6.54 Å². The van der Waals surface area contributed by atoms with Gasteiger partial charge < -0.3 is 11.1 Å². The molecule has 1 aliphatic heterocycles. The molecule has 1 aromatic rings. The third kappa shape index (κ3) is 3.09. The summed E-state index contributed by atoms with van der Waals surface area (Å²) in [6, 6.07) is 4.10. The molecule has 1 saturated heterocycles. The minimum atomic E-state index is -2.86. The van der Waals surface area contributed by atoms with Crippen LogP contribution in [0, 0.1) is 11.7 Å². The van der Waals surface area contributed by atoms with Crippen molar-refractivity contribution in [2.24, 2.45) is 5.92 Å². The standard InChI is InChI=1S/C11H15FN2O2S/c12-9-1-2-10(13)11(5-9)14-6-8-3-4-17(15,16)7-8/h1-2,5,8,14H,3-4,6-7,13H2. The highest BCUT2D eigenvalue weighted by atomic mass is 32.2. The maximum absolute atomic E-state index is 13.0. The lowest BCUT2D eigenvalue weighted by Crippen LogP contribution is -2.16. The molecule has 1 aliphatic rings. The lowest BCUT2D eigenvalue weighted by atomic mass is 10.1. The highest BCUT2D eigenvalue weighted by Gasteiger charge is 2.27. The summed E-state index contributed by atoms with van der Waals surface area (Å²) in [5, 5.41) is 3.00. The van der Waals surface area contributed by atoms with Gasteiger partial charge >= 0.3 is 0 Å². The first-order valence-corrected chi connectivity index (χ1v) is 7.28. The second-order valence-corrected chi connectivity index (χ2v) is 6.61. The van der Waals surface area contributed by atoms with Crippen molar-refractivity contribution in [1.29, 1.82) is 0 Å². The highest BCUT2D eigenvalue weighted by Crippen LogP contribution is 2.22. The molecule has 0 saturated carbocycles. The molecule has 4 nitrogen and oxygen atoms in total. The number of nitrogens with one attached hydrogen (secondary N) is 1. The molecular weight excluding hydrogens is 243 g/mol. The molecule has 1 unspecified atom stereocenters. The molecule has 0 amide bonds. The van der Waals surface area contributed by atoms with Crippen LogP contribution >= 0.6 is 0 Å². The molecule has 1 aromatic carbocycles. The van der Waals surface area contributed by atoms with Crippen LogP contribution in [0.4, 0.5) is 15.8 Å². The lowest BCUT2D eigenvalue weighted by Gasteiger charge is -2.12. The van der Waals surface area contributed by atoms with Gasteiger partial charge in [0.1, 0.15) is 5.82 Å². The normalized spacial score (nSPS) is 22.5. The van der Waals surface area contributed by atoms with E-state index in [1.54, 1.807) is 0 Å². The topological polar surface area (TPSA) is 72.2 Å². The second-order valence-electron chi connectivity index (χ2n) is 4.38. The van der Waals surface area contributed by atoms with Crippen molar-refractivity contribution in [3.05, 3.63) is 24.0 Å². The highest BCUT2D eigenvalue weighted by molar-refractivity contribution is 7.91. The Hall–Kier alpha value is -1.30. The number of nitrogens with two attached hydrogens (primary N) is 1. The van der Waals surface area contributed by atoms with E-state index in [-0.39, 0.29) is 23.2 Å². The van der Waals surface area contributed by atoms with Gasteiger partial charge in [-0.05, 0) is 30.5 Å². The third-order valence-corrected chi connectivity index (χ3v) is 4.76. The van der Waals surface area contributed by atoms with Gasteiger partial charge in [-0.2, -0.15) is 0 Å². The molecule has 1 atom stereocenters. The van der Waals surface area contributed by atoms with Crippen LogP contribution in [-0.2, 0) is 9.84 Å². The van der Waals surface area contributed by atoms with Crippen molar-refractivity contribution in [3.8, 4) is 0 Å². The average molecular weight is 258 g/mol. The number of anilines is 2. The molecular formula is C11H15FN2O2S. The molecule has 0 bridgehead atoms. The molecule has 2 rings (SSSR count). The molecule has 0 aliphatic carbocycles. The Bertz CT molecular complexity index is 516.